The number of halogens is 4. The third kappa shape index (κ3) is 3.87. The van der Waals surface area contributed by atoms with Crippen LogP contribution in [0.2, 0.25) is 0 Å². The molecule has 1 atom stereocenters. The van der Waals surface area contributed by atoms with Crippen LogP contribution in [0.25, 0.3) is 11.1 Å². The number of aromatic nitrogens is 4. The number of rotatable bonds is 4. The minimum Gasteiger partial charge on any atom is -0.220 e. The fourth-order valence-electron chi connectivity index (χ4n) is 3.18. The van der Waals surface area contributed by atoms with Crippen LogP contribution >= 0.6 is 0 Å². The van der Waals surface area contributed by atoms with Gasteiger partial charge < -0.3 is 0 Å². The Kier molecular flexibility index (Phi) is 4.84. The second-order valence-corrected chi connectivity index (χ2v) is 6.41. The number of benzene rings is 3. The van der Waals surface area contributed by atoms with Crippen molar-refractivity contribution < 1.29 is 17.6 Å². The number of hydrogen-bond donors (Lipinski definition) is 0. The van der Waals surface area contributed by atoms with E-state index >= 15 is 0 Å². The number of nitrogens with zero attached hydrogens (tertiary/aromatic N) is 4. The number of hydrogen-bond acceptors (Lipinski definition) is 3. The predicted octanol–water partition coefficient (Wildman–Crippen LogP) is 5.14. The van der Waals surface area contributed by atoms with Gasteiger partial charge in [0.05, 0.1) is 5.56 Å². The van der Waals surface area contributed by atoms with Crippen LogP contribution in [0.1, 0.15) is 22.7 Å². The van der Waals surface area contributed by atoms with Crippen LogP contribution in [-0.2, 0) is 6.18 Å². The fraction of sp³-hybridized carbons (Fsp3) is 0.0952. The molecule has 0 saturated carbocycles. The Labute approximate surface area is 163 Å². The van der Waals surface area contributed by atoms with E-state index in [4.69, 9.17) is 0 Å². The maximum Gasteiger partial charge on any atom is 0.416 e. The first-order chi connectivity index (χ1) is 13.9. The molecule has 0 aliphatic heterocycles. The van der Waals surface area contributed by atoms with Crippen LogP contribution in [0.15, 0.2) is 79.1 Å². The van der Waals surface area contributed by atoms with Crippen molar-refractivity contribution in [3.8, 4) is 11.1 Å². The summed E-state index contributed by atoms with van der Waals surface area (Å²) in [5.74, 6) is -0.773. The van der Waals surface area contributed by atoms with E-state index in [0.29, 0.717) is 11.6 Å². The molecule has 1 aromatic heterocycles. The SMILES string of the molecule is Fc1ccc(C(F)(F)F)cc1C(c1ccc(-c2ccccc2)cc1)n1cnnn1. The van der Waals surface area contributed by atoms with Gasteiger partial charge in [0, 0.05) is 5.56 Å². The minimum absolute atomic E-state index is 0.167. The highest BCUT2D eigenvalue weighted by Gasteiger charge is 2.33. The molecule has 0 bridgehead atoms. The molecule has 0 N–H and O–H groups in total. The molecule has 4 aromatic rings. The molecule has 0 saturated heterocycles. The van der Waals surface area contributed by atoms with Gasteiger partial charge in [-0.1, -0.05) is 54.6 Å². The molecule has 1 unspecified atom stereocenters. The van der Waals surface area contributed by atoms with Crippen LogP contribution in [0.3, 0.4) is 0 Å². The second-order valence-electron chi connectivity index (χ2n) is 6.41. The van der Waals surface area contributed by atoms with E-state index in [1.807, 2.05) is 42.5 Å². The van der Waals surface area contributed by atoms with Gasteiger partial charge in [0.15, 0.2) is 0 Å². The van der Waals surface area contributed by atoms with E-state index in [-0.39, 0.29) is 5.56 Å². The molecule has 0 aliphatic rings. The summed E-state index contributed by atoms with van der Waals surface area (Å²) in [5.41, 5.74) is 1.36. The summed E-state index contributed by atoms with van der Waals surface area (Å²) in [6.07, 6.45) is -3.35. The molecular formula is C21H14F4N4. The Morgan fingerprint density at radius 1 is 0.828 bits per heavy atom. The van der Waals surface area contributed by atoms with E-state index in [1.165, 1.54) is 11.0 Å². The lowest BCUT2D eigenvalue weighted by Crippen LogP contribution is -2.16. The summed E-state index contributed by atoms with van der Waals surface area (Å²) in [7, 11) is 0. The van der Waals surface area contributed by atoms with Crippen LogP contribution in [0.5, 0.6) is 0 Å². The van der Waals surface area contributed by atoms with Crippen molar-refractivity contribution in [3.05, 3.63) is 102 Å². The quantitative estimate of drug-likeness (QED) is 0.448. The van der Waals surface area contributed by atoms with Gasteiger partial charge in [0.1, 0.15) is 18.2 Å². The Bertz CT molecular complexity index is 1090. The highest BCUT2D eigenvalue weighted by atomic mass is 19.4. The van der Waals surface area contributed by atoms with Gasteiger partial charge in [-0.05, 0) is 45.3 Å². The van der Waals surface area contributed by atoms with Crippen LogP contribution < -0.4 is 0 Å². The smallest absolute Gasteiger partial charge is 0.220 e. The van der Waals surface area contributed by atoms with Crippen molar-refractivity contribution in [1.29, 1.82) is 0 Å². The summed E-state index contributed by atoms with van der Waals surface area (Å²) in [6, 6.07) is 18.1. The topological polar surface area (TPSA) is 43.6 Å². The van der Waals surface area contributed by atoms with Crippen molar-refractivity contribution in [3.63, 3.8) is 0 Å². The minimum atomic E-state index is -4.59. The summed E-state index contributed by atoms with van der Waals surface area (Å²) >= 11 is 0. The highest BCUT2D eigenvalue weighted by molar-refractivity contribution is 5.63. The van der Waals surface area contributed by atoms with Crippen molar-refractivity contribution in [1.82, 2.24) is 20.2 Å². The Balaban J connectivity index is 1.81. The molecular weight excluding hydrogens is 384 g/mol. The zero-order chi connectivity index (χ0) is 20.4. The van der Waals surface area contributed by atoms with Gasteiger partial charge in [-0.15, -0.1) is 5.10 Å². The molecule has 0 spiro atoms. The third-order valence-corrected chi connectivity index (χ3v) is 4.58. The van der Waals surface area contributed by atoms with Crippen LogP contribution in [0.4, 0.5) is 17.6 Å². The molecule has 0 fully saturated rings. The maximum atomic E-state index is 14.6. The Morgan fingerprint density at radius 3 is 2.14 bits per heavy atom. The highest BCUT2D eigenvalue weighted by Crippen LogP contribution is 2.35. The lowest BCUT2D eigenvalue weighted by molar-refractivity contribution is -0.137. The zero-order valence-electron chi connectivity index (χ0n) is 14.9. The van der Waals surface area contributed by atoms with Gasteiger partial charge in [-0.25, -0.2) is 9.07 Å². The molecule has 8 heteroatoms. The van der Waals surface area contributed by atoms with Gasteiger partial charge in [0.25, 0.3) is 0 Å². The monoisotopic (exact) mass is 398 g/mol. The molecule has 0 radical (unpaired) electrons. The van der Waals surface area contributed by atoms with E-state index in [0.717, 1.165) is 23.3 Å². The Morgan fingerprint density at radius 2 is 1.52 bits per heavy atom. The predicted molar refractivity (Wildman–Crippen MR) is 98.3 cm³/mol. The average Bonchev–Trinajstić information content (AvgIpc) is 3.24. The molecule has 146 valence electrons. The summed E-state index contributed by atoms with van der Waals surface area (Å²) in [5, 5.41) is 10.9. The first-order valence-corrected chi connectivity index (χ1v) is 8.68. The van der Waals surface area contributed by atoms with Gasteiger partial charge >= 0.3 is 6.18 Å². The average molecular weight is 398 g/mol. The van der Waals surface area contributed by atoms with E-state index in [2.05, 4.69) is 15.5 Å². The lowest BCUT2D eigenvalue weighted by atomic mass is 9.94. The van der Waals surface area contributed by atoms with Gasteiger partial charge in [-0.3, -0.25) is 0 Å². The third-order valence-electron chi connectivity index (χ3n) is 4.58. The normalized spacial score (nSPS) is 12.7. The maximum absolute atomic E-state index is 14.6. The van der Waals surface area contributed by atoms with Crippen molar-refractivity contribution in [2.45, 2.75) is 12.2 Å². The van der Waals surface area contributed by atoms with Gasteiger partial charge in [0.2, 0.25) is 0 Å². The van der Waals surface area contributed by atoms with Crippen LogP contribution in [-0.4, -0.2) is 20.2 Å². The Hall–Kier alpha value is -3.55. The first-order valence-electron chi connectivity index (χ1n) is 8.68. The summed E-state index contributed by atoms with van der Waals surface area (Å²) in [6.45, 7) is 0. The standard InChI is InChI=1S/C21H14F4N4/c22-19-11-10-17(21(23,24)25)12-18(19)20(29-13-26-27-28-29)16-8-6-15(7-9-16)14-4-2-1-3-5-14/h1-13,20H. The molecule has 1 heterocycles. The first kappa shape index (κ1) is 18.8. The van der Waals surface area contributed by atoms with Crippen molar-refractivity contribution >= 4 is 0 Å². The molecule has 3 aromatic carbocycles. The fourth-order valence-corrected chi connectivity index (χ4v) is 3.18. The largest absolute Gasteiger partial charge is 0.416 e. The number of tetrazole rings is 1. The van der Waals surface area contributed by atoms with Crippen molar-refractivity contribution in [2.75, 3.05) is 0 Å². The van der Waals surface area contributed by atoms with Crippen molar-refractivity contribution in [2.24, 2.45) is 0 Å². The zero-order valence-corrected chi connectivity index (χ0v) is 14.9. The molecule has 4 nitrogen and oxygen atoms in total. The molecule has 0 amide bonds. The van der Waals surface area contributed by atoms with E-state index in [9.17, 15) is 17.6 Å². The van der Waals surface area contributed by atoms with Crippen LogP contribution in [0, 0.1) is 5.82 Å². The molecule has 29 heavy (non-hydrogen) atoms. The van der Waals surface area contributed by atoms with E-state index < -0.39 is 23.6 Å². The van der Waals surface area contributed by atoms with E-state index in [1.54, 1.807) is 12.1 Å². The summed E-state index contributed by atoms with van der Waals surface area (Å²) < 4.78 is 55.3. The molecule has 0 aliphatic carbocycles. The lowest BCUT2D eigenvalue weighted by Gasteiger charge is -2.20. The number of alkyl halides is 3. The van der Waals surface area contributed by atoms with Gasteiger partial charge in [-0.2, -0.15) is 13.2 Å². The molecule has 4 rings (SSSR count). The summed E-state index contributed by atoms with van der Waals surface area (Å²) in [4.78, 5) is 0. The second kappa shape index (κ2) is 7.46.